The molecule has 0 aliphatic carbocycles. The quantitative estimate of drug-likeness (QED) is 0.533. The fourth-order valence-corrected chi connectivity index (χ4v) is 4.92. The van der Waals surface area contributed by atoms with E-state index in [0.717, 1.165) is 18.4 Å². The predicted molar refractivity (Wildman–Crippen MR) is 97.7 cm³/mol. The van der Waals surface area contributed by atoms with E-state index in [0.29, 0.717) is 18.7 Å². The minimum Gasteiger partial charge on any atom is -0.457 e. The Morgan fingerprint density at radius 2 is 1.77 bits per heavy atom. The molecule has 138 valence electrons. The minimum absolute atomic E-state index is 0.129. The molecule has 0 amide bonds. The summed E-state index contributed by atoms with van der Waals surface area (Å²) in [5, 5.41) is 3.72. The molecule has 2 aromatic rings. The number of carbonyl (C=O) groups is 2. The maximum atomic E-state index is 12.5. The Labute approximate surface area is 156 Å². The van der Waals surface area contributed by atoms with Crippen LogP contribution in [0, 0.1) is 0 Å². The highest BCUT2D eigenvalue weighted by Gasteiger charge is 2.27. The van der Waals surface area contributed by atoms with Gasteiger partial charge in [0.1, 0.15) is 0 Å². The highest BCUT2D eigenvalue weighted by molar-refractivity contribution is 7.89. The van der Waals surface area contributed by atoms with Crippen molar-refractivity contribution in [2.45, 2.75) is 24.2 Å². The zero-order valence-corrected chi connectivity index (χ0v) is 15.7. The second-order valence-corrected chi connectivity index (χ2v) is 8.75. The highest BCUT2D eigenvalue weighted by Crippen LogP contribution is 2.21. The number of rotatable bonds is 7. The molecule has 1 aliphatic rings. The number of Topliss-reactive ketones (excluding diaryl/α,β-unsaturated/α-hetero) is 1. The normalized spacial score (nSPS) is 15.1. The Kier molecular flexibility index (Phi) is 5.85. The molecule has 0 radical (unpaired) electrons. The van der Waals surface area contributed by atoms with Crippen LogP contribution in [0.5, 0.6) is 0 Å². The van der Waals surface area contributed by atoms with Crippen molar-refractivity contribution in [1.29, 1.82) is 0 Å². The molecule has 6 nitrogen and oxygen atoms in total. The Balaban J connectivity index is 1.57. The fourth-order valence-electron chi connectivity index (χ4n) is 2.73. The first-order valence-electron chi connectivity index (χ1n) is 8.27. The van der Waals surface area contributed by atoms with E-state index < -0.39 is 16.0 Å². The highest BCUT2D eigenvalue weighted by atomic mass is 32.2. The van der Waals surface area contributed by atoms with Crippen molar-refractivity contribution < 1.29 is 22.7 Å². The molecule has 8 heteroatoms. The average molecular weight is 393 g/mol. The molecule has 0 spiro atoms. The van der Waals surface area contributed by atoms with Crippen LogP contribution in [0.4, 0.5) is 0 Å². The molecule has 0 atom stereocenters. The summed E-state index contributed by atoms with van der Waals surface area (Å²) in [7, 11) is -3.50. The van der Waals surface area contributed by atoms with Crippen molar-refractivity contribution in [3.63, 3.8) is 0 Å². The number of esters is 1. The number of ketones is 1. The van der Waals surface area contributed by atoms with Gasteiger partial charge < -0.3 is 4.74 Å². The van der Waals surface area contributed by atoms with Gasteiger partial charge in [0.15, 0.2) is 12.4 Å². The lowest BCUT2D eigenvalue weighted by atomic mass is 10.1. The van der Waals surface area contributed by atoms with Crippen molar-refractivity contribution in [2.75, 3.05) is 19.7 Å². The third kappa shape index (κ3) is 4.38. The van der Waals surface area contributed by atoms with E-state index in [1.165, 1.54) is 39.9 Å². The van der Waals surface area contributed by atoms with Gasteiger partial charge in [-0.3, -0.25) is 9.59 Å². The lowest BCUT2D eigenvalue weighted by molar-refractivity contribution is -0.141. The van der Waals surface area contributed by atoms with E-state index in [9.17, 15) is 18.0 Å². The molecule has 1 aromatic heterocycles. The van der Waals surface area contributed by atoms with E-state index in [1.807, 2.05) is 16.8 Å². The van der Waals surface area contributed by atoms with Gasteiger partial charge in [0, 0.05) is 18.7 Å². The van der Waals surface area contributed by atoms with Crippen molar-refractivity contribution in [3.05, 3.63) is 52.2 Å². The molecule has 1 aromatic carbocycles. The second-order valence-electron chi connectivity index (χ2n) is 6.03. The number of hydrogen-bond donors (Lipinski definition) is 0. The first-order chi connectivity index (χ1) is 12.5. The summed E-state index contributed by atoms with van der Waals surface area (Å²) in [5.74, 6) is -0.834. The minimum atomic E-state index is -3.50. The molecule has 1 fully saturated rings. The van der Waals surface area contributed by atoms with Crippen LogP contribution < -0.4 is 0 Å². The maximum absolute atomic E-state index is 12.5. The zero-order chi connectivity index (χ0) is 18.6. The summed E-state index contributed by atoms with van der Waals surface area (Å²) in [6.45, 7) is 0.702. The van der Waals surface area contributed by atoms with Crippen LogP contribution in [0.2, 0.25) is 0 Å². The predicted octanol–water partition coefficient (Wildman–Crippen LogP) is 2.50. The number of ether oxygens (including phenoxy) is 1. The summed E-state index contributed by atoms with van der Waals surface area (Å²) in [6, 6.07) is 7.59. The fraction of sp³-hybridized carbons (Fsp3) is 0.333. The van der Waals surface area contributed by atoms with Gasteiger partial charge >= 0.3 is 5.97 Å². The van der Waals surface area contributed by atoms with Crippen LogP contribution in [-0.2, 0) is 26.0 Å². The molecule has 3 rings (SSSR count). The Hall–Kier alpha value is -2.03. The van der Waals surface area contributed by atoms with Crippen LogP contribution in [0.25, 0.3) is 0 Å². The number of carbonyl (C=O) groups excluding carboxylic acids is 2. The van der Waals surface area contributed by atoms with Crippen molar-refractivity contribution >= 4 is 33.1 Å². The van der Waals surface area contributed by atoms with Crippen LogP contribution in [0.15, 0.2) is 46.0 Å². The smallest absolute Gasteiger partial charge is 0.310 e. The van der Waals surface area contributed by atoms with Gasteiger partial charge in [-0.05, 0) is 59.5 Å². The number of nitrogens with zero attached hydrogens (tertiary/aromatic N) is 1. The first-order valence-corrected chi connectivity index (χ1v) is 10.7. The lowest BCUT2D eigenvalue weighted by Gasteiger charge is -2.15. The third-order valence-corrected chi connectivity index (χ3v) is 6.82. The van der Waals surface area contributed by atoms with Gasteiger partial charge in [-0.2, -0.15) is 15.6 Å². The summed E-state index contributed by atoms with van der Waals surface area (Å²) in [5.41, 5.74) is 1.16. The monoisotopic (exact) mass is 393 g/mol. The largest absolute Gasteiger partial charge is 0.457 e. The summed E-state index contributed by atoms with van der Waals surface area (Å²) >= 11 is 1.49. The van der Waals surface area contributed by atoms with E-state index in [4.69, 9.17) is 4.74 Å². The molecule has 1 aliphatic heterocycles. The Bertz CT molecular complexity index is 867. The van der Waals surface area contributed by atoms with Gasteiger partial charge in [-0.1, -0.05) is 0 Å². The average Bonchev–Trinajstić information content (AvgIpc) is 3.34. The number of benzene rings is 1. The van der Waals surface area contributed by atoms with Gasteiger partial charge in [0.05, 0.1) is 11.3 Å². The lowest BCUT2D eigenvalue weighted by Crippen LogP contribution is -2.27. The van der Waals surface area contributed by atoms with Crippen LogP contribution in [0.1, 0.15) is 28.8 Å². The van der Waals surface area contributed by atoms with Crippen LogP contribution in [-0.4, -0.2) is 44.2 Å². The van der Waals surface area contributed by atoms with Crippen molar-refractivity contribution in [3.8, 4) is 0 Å². The number of thiophene rings is 1. The van der Waals surface area contributed by atoms with E-state index in [1.54, 1.807) is 0 Å². The zero-order valence-electron chi connectivity index (χ0n) is 14.1. The number of sulfonamides is 1. The molecule has 0 N–H and O–H groups in total. The SMILES string of the molecule is O=C(Cc1ccsc1)OCC(=O)c1ccc(S(=O)(=O)N2CCCC2)cc1. The molecular formula is C18H19NO5S2. The molecule has 2 heterocycles. The topological polar surface area (TPSA) is 80.8 Å². The van der Waals surface area contributed by atoms with Gasteiger partial charge in [-0.15, -0.1) is 0 Å². The molecule has 0 unspecified atom stereocenters. The summed E-state index contributed by atoms with van der Waals surface area (Å²) in [6.07, 6.45) is 1.86. The molecule has 1 saturated heterocycles. The standard InChI is InChI=1S/C18H19NO5S2/c20-17(12-24-18(21)11-14-7-10-25-13-14)15-3-5-16(6-4-15)26(22,23)19-8-1-2-9-19/h3-7,10,13H,1-2,8-9,11-12H2. The molecule has 0 bridgehead atoms. The second kappa shape index (κ2) is 8.11. The Morgan fingerprint density at radius 1 is 1.08 bits per heavy atom. The molecule has 26 heavy (non-hydrogen) atoms. The van der Waals surface area contributed by atoms with Crippen molar-refractivity contribution in [1.82, 2.24) is 4.31 Å². The number of hydrogen-bond acceptors (Lipinski definition) is 6. The van der Waals surface area contributed by atoms with Crippen LogP contribution >= 0.6 is 11.3 Å². The van der Waals surface area contributed by atoms with E-state index in [-0.39, 0.29) is 23.7 Å². The first kappa shape index (κ1) is 18.8. The third-order valence-electron chi connectivity index (χ3n) is 4.17. The van der Waals surface area contributed by atoms with E-state index >= 15 is 0 Å². The van der Waals surface area contributed by atoms with E-state index in [2.05, 4.69) is 0 Å². The maximum Gasteiger partial charge on any atom is 0.310 e. The molecular weight excluding hydrogens is 374 g/mol. The Morgan fingerprint density at radius 3 is 2.38 bits per heavy atom. The van der Waals surface area contributed by atoms with Gasteiger partial charge in [0.2, 0.25) is 10.0 Å². The van der Waals surface area contributed by atoms with Gasteiger partial charge in [-0.25, -0.2) is 8.42 Å². The summed E-state index contributed by atoms with van der Waals surface area (Å²) in [4.78, 5) is 24.0. The van der Waals surface area contributed by atoms with Gasteiger partial charge in [0.25, 0.3) is 0 Å². The summed E-state index contributed by atoms with van der Waals surface area (Å²) < 4.78 is 31.4. The molecule has 0 saturated carbocycles. The van der Waals surface area contributed by atoms with Crippen molar-refractivity contribution in [2.24, 2.45) is 0 Å². The van der Waals surface area contributed by atoms with Crippen LogP contribution in [0.3, 0.4) is 0 Å².